The monoisotopic (exact) mass is 569 g/mol. The van der Waals surface area contributed by atoms with E-state index >= 15 is 0 Å². The Bertz CT molecular complexity index is 1540. The number of hydrogen-bond donors (Lipinski definition) is 4. The maximum absolute atomic E-state index is 12.8. The van der Waals surface area contributed by atoms with Crippen molar-refractivity contribution >= 4 is 32.6 Å². The van der Waals surface area contributed by atoms with Crippen LogP contribution in [0.2, 0.25) is 0 Å². The lowest BCUT2D eigenvalue weighted by Gasteiger charge is -2.39. The van der Waals surface area contributed by atoms with Crippen LogP contribution in [0.25, 0.3) is 28.2 Å². The second kappa shape index (κ2) is 11.7. The van der Waals surface area contributed by atoms with Crippen LogP contribution >= 0.6 is 0 Å². The molecule has 2 aliphatic heterocycles. The fourth-order valence-electron chi connectivity index (χ4n) is 4.81. The number of nitriles is 1. The van der Waals surface area contributed by atoms with E-state index in [4.69, 9.17) is 13.9 Å². The first-order chi connectivity index (χ1) is 19.2. The molecule has 0 bridgehead atoms. The molecule has 2 aliphatic rings. The van der Waals surface area contributed by atoms with Gasteiger partial charge in [0.25, 0.3) is 10.0 Å². The van der Waals surface area contributed by atoms with E-state index in [-0.39, 0.29) is 5.76 Å². The number of hydrogen-bond acceptors (Lipinski definition) is 10. The second-order valence-electron chi connectivity index (χ2n) is 9.93. The van der Waals surface area contributed by atoms with Crippen LogP contribution in [-0.4, -0.2) is 81.2 Å². The van der Waals surface area contributed by atoms with Gasteiger partial charge >= 0.3 is 0 Å². The van der Waals surface area contributed by atoms with Crippen LogP contribution < -0.4 is 9.62 Å². The summed E-state index contributed by atoms with van der Waals surface area (Å²) in [4.78, 5) is 1.68. The van der Waals surface area contributed by atoms with E-state index in [1.165, 1.54) is 6.92 Å². The summed E-state index contributed by atoms with van der Waals surface area (Å²) in [6.45, 7) is 4.16. The van der Waals surface area contributed by atoms with Crippen LogP contribution in [0.5, 0.6) is 0 Å². The Kier molecular flexibility index (Phi) is 8.25. The second-order valence-corrected chi connectivity index (χ2v) is 11.7. The van der Waals surface area contributed by atoms with Crippen molar-refractivity contribution in [2.24, 2.45) is 5.92 Å². The molecule has 1 aromatic heterocycles. The quantitative estimate of drug-likeness (QED) is 0.308. The van der Waals surface area contributed by atoms with Crippen molar-refractivity contribution in [3.63, 3.8) is 0 Å². The summed E-state index contributed by atoms with van der Waals surface area (Å²) in [5, 5.41) is 41.7. The van der Waals surface area contributed by atoms with Gasteiger partial charge in [-0.1, -0.05) is 25.1 Å². The van der Waals surface area contributed by atoms with E-state index in [1.54, 1.807) is 18.2 Å². The minimum absolute atomic E-state index is 0.160. The van der Waals surface area contributed by atoms with Crippen LogP contribution in [0.15, 0.2) is 57.9 Å². The Morgan fingerprint density at radius 2 is 1.80 bits per heavy atom. The number of aliphatic hydroxyl groups is 3. The number of nitrogens with zero attached hydrogens (tertiary/aromatic N) is 2. The SMILES string of the molecule is C[C@H]1C(O)O[C@H](CNS(=O)(=O)/C(C#N)=C/c2ccc(-c3ccc4cc(N5CCOCC5)ccc4c3)o2)[C@@H](O)[C@@H]1O. The van der Waals surface area contributed by atoms with E-state index in [0.29, 0.717) is 19.0 Å². The van der Waals surface area contributed by atoms with Crippen molar-refractivity contribution in [2.45, 2.75) is 31.5 Å². The van der Waals surface area contributed by atoms with Gasteiger partial charge in [-0.2, -0.15) is 5.26 Å². The van der Waals surface area contributed by atoms with Crippen molar-refractivity contribution in [3.05, 3.63) is 59.2 Å². The van der Waals surface area contributed by atoms with Gasteiger partial charge in [0, 0.05) is 42.9 Å². The van der Waals surface area contributed by atoms with Gasteiger partial charge in [-0.15, -0.1) is 0 Å². The molecule has 11 nitrogen and oxygen atoms in total. The van der Waals surface area contributed by atoms with Crippen LogP contribution in [-0.2, 0) is 19.5 Å². The standard InChI is InChI=1S/C28H31N3O8S/c1-17-26(32)27(33)25(39-28(17)34)16-30-40(35,36)23(15-29)14-22-6-7-24(38-22)20-3-2-19-13-21(5-4-18(19)12-20)31-8-10-37-11-9-31/h2-7,12-14,17,25-28,30,32-34H,8-11,16H2,1H3/b23-14+/t17-,25-,26-,27-,28?/m1/s1. The van der Waals surface area contributed by atoms with Crippen LogP contribution in [0, 0.1) is 17.2 Å². The molecule has 1 unspecified atom stereocenters. The van der Waals surface area contributed by atoms with E-state index < -0.39 is 52.0 Å². The molecule has 3 heterocycles. The van der Waals surface area contributed by atoms with Crippen molar-refractivity contribution < 1.29 is 37.6 Å². The molecule has 5 atom stereocenters. The van der Waals surface area contributed by atoms with Gasteiger partial charge in [-0.3, -0.25) is 0 Å². The predicted molar refractivity (Wildman–Crippen MR) is 147 cm³/mol. The third kappa shape index (κ3) is 5.91. The average Bonchev–Trinajstić information content (AvgIpc) is 3.44. The zero-order valence-corrected chi connectivity index (χ0v) is 22.6. The minimum atomic E-state index is -4.32. The molecule has 0 amide bonds. The number of morpholine rings is 1. The van der Waals surface area contributed by atoms with E-state index in [0.717, 1.165) is 41.2 Å². The van der Waals surface area contributed by atoms with E-state index in [2.05, 4.69) is 21.8 Å². The number of furan rings is 1. The first-order valence-electron chi connectivity index (χ1n) is 12.9. The summed E-state index contributed by atoms with van der Waals surface area (Å²) >= 11 is 0. The number of sulfonamides is 1. The molecule has 4 N–H and O–H groups in total. The third-order valence-corrected chi connectivity index (χ3v) is 8.63. The third-order valence-electron chi connectivity index (χ3n) is 7.29. The van der Waals surface area contributed by atoms with Gasteiger partial charge in [-0.25, -0.2) is 13.1 Å². The summed E-state index contributed by atoms with van der Waals surface area (Å²) in [5.41, 5.74) is 1.93. The van der Waals surface area contributed by atoms with Crippen molar-refractivity contribution in [1.29, 1.82) is 5.26 Å². The molecule has 3 aromatic rings. The number of rotatable bonds is 7. The first-order valence-corrected chi connectivity index (χ1v) is 14.4. The van der Waals surface area contributed by atoms with E-state index in [9.17, 15) is 29.0 Å². The molecule has 40 heavy (non-hydrogen) atoms. The zero-order valence-electron chi connectivity index (χ0n) is 21.8. The van der Waals surface area contributed by atoms with Gasteiger partial charge in [0.2, 0.25) is 0 Å². The molecule has 2 saturated heterocycles. The van der Waals surface area contributed by atoms with Gasteiger partial charge in [0.15, 0.2) is 11.2 Å². The summed E-state index contributed by atoms with van der Waals surface area (Å²) in [5.74, 6) is -0.0853. The predicted octanol–water partition coefficient (Wildman–Crippen LogP) is 1.80. The molecule has 2 aromatic carbocycles. The molecule has 2 fully saturated rings. The fourth-order valence-corrected chi connectivity index (χ4v) is 5.74. The molecular weight excluding hydrogens is 538 g/mol. The van der Waals surface area contributed by atoms with Crippen LogP contribution in [0.1, 0.15) is 12.7 Å². The molecule has 0 spiro atoms. The highest BCUT2D eigenvalue weighted by Gasteiger charge is 2.41. The first kappa shape index (κ1) is 28.3. The molecule has 0 saturated carbocycles. The highest BCUT2D eigenvalue weighted by molar-refractivity contribution is 7.93. The Labute approximate surface area is 231 Å². The van der Waals surface area contributed by atoms with Crippen molar-refractivity contribution in [3.8, 4) is 17.4 Å². The largest absolute Gasteiger partial charge is 0.457 e. The summed E-state index contributed by atoms with van der Waals surface area (Å²) < 4.78 is 44.3. The molecule has 12 heteroatoms. The molecule has 0 aliphatic carbocycles. The Balaban J connectivity index is 1.29. The zero-order chi connectivity index (χ0) is 28.4. The highest BCUT2D eigenvalue weighted by Crippen LogP contribution is 2.30. The number of allylic oxidation sites excluding steroid dienone is 1. The maximum atomic E-state index is 12.8. The number of anilines is 1. The molecular formula is C28H31N3O8S. The molecule has 5 rings (SSSR count). The Morgan fingerprint density at radius 3 is 2.55 bits per heavy atom. The van der Waals surface area contributed by atoms with Gasteiger partial charge in [-0.05, 0) is 41.1 Å². The smallest absolute Gasteiger partial charge is 0.250 e. The number of fused-ring (bicyclic) bond motifs is 1. The van der Waals surface area contributed by atoms with Crippen molar-refractivity contribution in [2.75, 3.05) is 37.7 Å². The van der Waals surface area contributed by atoms with Crippen molar-refractivity contribution in [1.82, 2.24) is 4.72 Å². The summed E-state index contributed by atoms with van der Waals surface area (Å²) in [6, 6.07) is 17.1. The van der Waals surface area contributed by atoms with Crippen LogP contribution in [0.4, 0.5) is 5.69 Å². The van der Waals surface area contributed by atoms with Gasteiger partial charge in [0.05, 0.1) is 19.3 Å². The Hall–Kier alpha value is -3.28. The molecule has 0 radical (unpaired) electrons. The lowest BCUT2D eigenvalue weighted by Crippen LogP contribution is -2.56. The summed E-state index contributed by atoms with van der Waals surface area (Å²) in [6.07, 6.45) is -4.19. The fraction of sp³-hybridized carbons (Fsp3) is 0.393. The number of benzene rings is 2. The van der Waals surface area contributed by atoms with E-state index in [1.807, 2.05) is 24.3 Å². The maximum Gasteiger partial charge on any atom is 0.250 e. The number of nitrogens with one attached hydrogen (secondary N) is 1. The lowest BCUT2D eigenvalue weighted by molar-refractivity contribution is -0.257. The van der Waals surface area contributed by atoms with Gasteiger partial charge in [0.1, 0.15) is 29.8 Å². The topological polar surface area (TPSA) is 165 Å². The average molecular weight is 570 g/mol. The minimum Gasteiger partial charge on any atom is -0.457 e. The molecule has 212 valence electrons. The van der Waals surface area contributed by atoms with Crippen LogP contribution in [0.3, 0.4) is 0 Å². The number of aliphatic hydroxyl groups excluding tert-OH is 3. The normalized spacial score (nSPS) is 26.1. The number of ether oxygens (including phenoxy) is 2. The lowest BCUT2D eigenvalue weighted by atomic mass is 9.92. The Morgan fingerprint density at radius 1 is 1.07 bits per heavy atom. The summed E-state index contributed by atoms with van der Waals surface area (Å²) in [7, 11) is -4.32. The van der Waals surface area contributed by atoms with Gasteiger partial charge < -0.3 is 34.1 Å². The highest BCUT2D eigenvalue weighted by atomic mass is 32.2.